The van der Waals surface area contributed by atoms with Crippen LogP contribution in [0.5, 0.6) is 0 Å². The molecule has 1 N–H and O–H groups in total. The van der Waals surface area contributed by atoms with Crippen molar-refractivity contribution in [2.75, 3.05) is 37.8 Å². The summed E-state index contributed by atoms with van der Waals surface area (Å²) in [6, 6.07) is 3.61. The predicted molar refractivity (Wildman–Crippen MR) is 87.5 cm³/mol. The molecule has 0 saturated carbocycles. The summed E-state index contributed by atoms with van der Waals surface area (Å²) in [7, 11) is 0. The first kappa shape index (κ1) is 16.7. The summed E-state index contributed by atoms with van der Waals surface area (Å²) in [5, 5.41) is 10.2. The fourth-order valence-corrected chi connectivity index (χ4v) is 3.52. The molecule has 0 aliphatic carbocycles. The first-order valence-corrected chi connectivity index (χ1v) is 8.55. The highest BCUT2D eigenvalue weighted by molar-refractivity contribution is 5.58. The van der Waals surface area contributed by atoms with Crippen molar-refractivity contribution in [2.24, 2.45) is 0 Å². The molecule has 128 valence electrons. The van der Waals surface area contributed by atoms with Crippen molar-refractivity contribution in [1.29, 1.82) is 0 Å². The molecule has 23 heavy (non-hydrogen) atoms. The minimum absolute atomic E-state index is 0.165. The summed E-state index contributed by atoms with van der Waals surface area (Å²) in [6.45, 7) is 4.69. The van der Waals surface area contributed by atoms with E-state index in [1.807, 2.05) is 17.9 Å². The average Bonchev–Trinajstić information content (AvgIpc) is 3.00. The predicted octanol–water partition coefficient (Wildman–Crippen LogP) is 2.44. The molecule has 0 aromatic heterocycles. The van der Waals surface area contributed by atoms with Crippen LogP contribution in [0, 0.1) is 12.7 Å². The second kappa shape index (κ2) is 7.60. The van der Waals surface area contributed by atoms with Gasteiger partial charge in [-0.3, -0.25) is 0 Å². The SMILES string of the molecule is Cc1cc(F)c2c(c1)CCCN2CC(O)COCC1CCCO1. The van der Waals surface area contributed by atoms with E-state index in [-0.39, 0.29) is 18.5 Å². The lowest BCUT2D eigenvalue weighted by atomic mass is 9.99. The van der Waals surface area contributed by atoms with E-state index in [1.165, 1.54) is 0 Å². The number of halogens is 1. The minimum Gasteiger partial charge on any atom is -0.389 e. The van der Waals surface area contributed by atoms with Crippen molar-refractivity contribution < 1.29 is 19.0 Å². The molecule has 1 aromatic rings. The van der Waals surface area contributed by atoms with E-state index in [4.69, 9.17) is 9.47 Å². The number of benzene rings is 1. The van der Waals surface area contributed by atoms with Crippen molar-refractivity contribution in [3.63, 3.8) is 0 Å². The van der Waals surface area contributed by atoms with Gasteiger partial charge < -0.3 is 19.5 Å². The number of anilines is 1. The summed E-state index contributed by atoms with van der Waals surface area (Å²) in [5.74, 6) is -0.188. The van der Waals surface area contributed by atoms with E-state index in [9.17, 15) is 9.50 Å². The van der Waals surface area contributed by atoms with Gasteiger partial charge in [0.2, 0.25) is 0 Å². The fraction of sp³-hybridized carbons (Fsp3) is 0.667. The van der Waals surface area contributed by atoms with Crippen molar-refractivity contribution in [2.45, 2.75) is 44.8 Å². The van der Waals surface area contributed by atoms with Crippen molar-refractivity contribution in [3.8, 4) is 0 Å². The number of hydrogen-bond acceptors (Lipinski definition) is 4. The number of ether oxygens (including phenoxy) is 2. The Kier molecular flexibility index (Phi) is 5.51. The number of fused-ring (bicyclic) bond motifs is 1. The smallest absolute Gasteiger partial charge is 0.147 e. The standard InChI is InChI=1S/C18H26FNO3/c1-13-8-14-4-2-6-20(18(14)17(19)9-13)10-15(21)11-22-12-16-5-3-7-23-16/h8-9,15-16,21H,2-7,10-12H2,1H3. The molecule has 2 aliphatic rings. The molecule has 0 radical (unpaired) electrons. The second-order valence-corrected chi connectivity index (χ2v) is 6.63. The van der Waals surface area contributed by atoms with Gasteiger partial charge in [0.1, 0.15) is 5.82 Å². The molecule has 0 bridgehead atoms. The van der Waals surface area contributed by atoms with Gasteiger partial charge in [-0.1, -0.05) is 6.07 Å². The van der Waals surface area contributed by atoms with Crippen LogP contribution in [-0.2, 0) is 15.9 Å². The first-order chi connectivity index (χ1) is 11.1. The van der Waals surface area contributed by atoms with Crippen LogP contribution in [0.15, 0.2) is 12.1 Å². The first-order valence-electron chi connectivity index (χ1n) is 8.55. The average molecular weight is 323 g/mol. The molecule has 1 fully saturated rings. The third kappa shape index (κ3) is 4.22. The third-order valence-corrected chi connectivity index (χ3v) is 4.55. The van der Waals surface area contributed by atoms with E-state index in [0.29, 0.717) is 18.8 Å². The molecule has 0 amide bonds. The highest BCUT2D eigenvalue weighted by Gasteiger charge is 2.23. The number of aliphatic hydroxyl groups is 1. The van der Waals surface area contributed by atoms with Crippen LogP contribution >= 0.6 is 0 Å². The number of aryl methyl sites for hydroxylation is 2. The van der Waals surface area contributed by atoms with Crippen molar-refractivity contribution in [1.82, 2.24) is 0 Å². The Balaban J connectivity index is 1.54. The zero-order valence-corrected chi connectivity index (χ0v) is 13.8. The molecule has 0 spiro atoms. The molecule has 2 atom stereocenters. The van der Waals surface area contributed by atoms with Crippen LogP contribution in [0.1, 0.15) is 30.4 Å². The molecule has 2 unspecified atom stereocenters. The van der Waals surface area contributed by atoms with Crippen LogP contribution < -0.4 is 4.90 Å². The van der Waals surface area contributed by atoms with Gasteiger partial charge in [0.25, 0.3) is 0 Å². The lowest BCUT2D eigenvalue weighted by Gasteiger charge is -2.33. The molecule has 1 aromatic carbocycles. The number of aliphatic hydroxyl groups excluding tert-OH is 1. The van der Waals surface area contributed by atoms with Crippen LogP contribution in [0.4, 0.5) is 10.1 Å². The van der Waals surface area contributed by atoms with E-state index in [1.54, 1.807) is 6.07 Å². The monoisotopic (exact) mass is 323 g/mol. The zero-order valence-electron chi connectivity index (χ0n) is 13.8. The van der Waals surface area contributed by atoms with Crippen LogP contribution in [-0.4, -0.2) is 50.2 Å². The van der Waals surface area contributed by atoms with Crippen LogP contribution in [0.25, 0.3) is 0 Å². The summed E-state index contributed by atoms with van der Waals surface area (Å²) < 4.78 is 25.4. The maximum Gasteiger partial charge on any atom is 0.147 e. The summed E-state index contributed by atoms with van der Waals surface area (Å²) in [4.78, 5) is 1.95. The summed E-state index contributed by atoms with van der Waals surface area (Å²) in [5.41, 5.74) is 2.64. The Morgan fingerprint density at radius 2 is 2.30 bits per heavy atom. The van der Waals surface area contributed by atoms with E-state index in [2.05, 4.69) is 0 Å². The maximum atomic E-state index is 14.3. The third-order valence-electron chi connectivity index (χ3n) is 4.55. The van der Waals surface area contributed by atoms with Gasteiger partial charge in [-0.2, -0.15) is 0 Å². The van der Waals surface area contributed by atoms with E-state index in [0.717, 1.165) is 50.0 Å². The molecular weight excluding hydrogens is 297 g/mol. The van der Waals surface area contributed by atoms with Gasteiger partial charge in [-0.25, -0.2) is 4.39 Å². The van der Waals surface area contributed by atoms with Gasteiger partial charge in [0.05, 0.1) is 31.1 Å². The number of nitrogens with zero attached hydrogens (tertiary/aromatic N) is 1. The Bertz CT molecular complexity index is 531. The maximum absolute atomic E-state index is 14.3. The van der Waals surface area contributed by atoms with Gasteiger partial charge in [0.15, 0.2) is 0 Å². The van der Waals surface area contributed by atoms with Gasteiger partial charge in [0, 0.05) is 19.7 Å². The lowest BCUT2D eigenvalue weighted by molar-refractivity contribution is -0.0150. The Morgan fingerprint density at radius 1 is 1.43 bits per heavy atom. The molecule has 2 heterocycles. The highest BCUT2D eigenvalue weighted by atomic mass is 19.1. The molecule has 4 nitrogen and oxygen atoms in total. The van der Waals surface area contributed by atoms with Gasteiger partial charge in [-0.05, 0) is 49.8 Å². The zero-order chi connectivity index (χ0) is 16.2. The normalized spacial score (nSPS) is 22.2. The highest BCUT2D eigenvalue weighted by Crippen LogP contribution is 2.31. The van der Waals surface area contributed by atoms with Crippen molar-refractivity contribution >= 4 is 5.69 Å². The topological polar surface area (TPSA) is 41.9 Å². The van der Waals surface area contributed by atoms with Gasteiger partial charge in [-0.15, -0.1) is 0 Å². The Morgan fingerprint density at radius 3 is 3.09 bits per heavy atom. The van der Waals surface area contributed by atoms with E-state index < -0.39 is 6.10 Å². The Labute approximate surface area is 137 Å². The fourth-order valence-electron chi connectivity index (χ4n) is 3.52. The van der Waals surface area contributed by atoms with Crippen LogP contribution in [0.3, 0.4) is 0 Å². The summed E-state index contributed by atoms with van der Waals surface area (Å²) >= 11 is 0. The lowest BCUT2D eigenvalue weighted by Crippen LogP contribution is -2.39. The molecule has 2 aliphatic heterocycles. The quantitative estimate of drug-likeness (QED) is 0.873. The minimum atomic E-state index is -0.622. The van der Waals surface area contributed by atoms with Crippen LogP contribution in [0.2, 0.25) is 0 Å². The molecule has 5 heteroatoms. The van der Waals surface area contributed by atoms with E-state index >= 15 is 0 Å². The largest absolute Gasteiger partial charge is 0.389 e. The van der Waals surface area contributed by atoms with Crippen molar-refractivity contribution in [3.05, 3.63) is 29.1 Å². The Hall–Kier alpha value is -1.17. The number of rotatable bonds is 6. The number of β-amino-alcohol motifs (C(OH)–C–C–N with tert-alkyl or cyclic N) is 1. The second-order valence-electron chi connectivity index (χ2n) is 6.63. The molecular formula is C18H26FNO3. The number of hydrogen-bond donors (Lipinski definition) is 1. The van der Waals surface area contributed by atoms with Gasteiger partial charge >= 0.3 is 0 Å². The molecule has 1 saturated heterocycles. The molecule has 3 rings (SSSR count). The summed E-state index contributed by atoms with van der Waals surface area (Å²) in [6.07, 6.45) is 3.54.